The monoisotopic (exact) mass is 450 g/mol. The van der Waals surface area contributed by atoms with E-state index in [1.807, 2.05) is 11.0 Å². The van der Waals surface area contributed by atoms with Gasteiger partial charge in [0.25, 0.3) is 0 Å². The lowest BCUT2D eigenvalue weighted by atomic mass is 9.86. The summed E-state index contributed by atoms with van der Waals surface area (Å²) in [7, 11) is 1.77. The molecule has 2 aromatic rings. The van der Waals surface area contributed by atoms with E-state index >= 15 is 0 Å². The quantitative estimate of drug-likeness (QED) is 0.743. The van der Waals surface area contributed by atoms with Crippen molar-refractivity contribution < 1.29 is 14.3 Å². The minimum absolute atomic E-state index is 0.0217. The number of carbonyl (C=O) groups is 1. The maximum absolute atomic E-state index is 13.9. The number of amides is 1. The molecule has 2 atom stereocenters. The van der Waals surface area contributed by atoms with Crippen molar-refractivity contribution >= 4 is 28.8 Å². The third-order valence-corrected chi connectivity index (χ3v) is 7.31. The van der Waals surface area contributed by atoms with E-state index in [0.717, 1.165) is 60.7 Å². The predicted octanol–water partition coefficient (Wildman–Crippen LogP) is 4.49. The second-order valence-corrected chi connectivity index (χ2v) is 9.62. The topological polar surface area (TPSA) is 66.9 Å². The number of benzene rings is 1. The zero-order valence-corrected chi connectivity index (χ0v) is 19.8. The van der Waals surface area contributed by atoms with Gasteiger partial charge in [-0.1, -0.05) is 6.07 Å². The zero-order valence-electron chi connectivity index (χ0n) is 19.8. The number of rotatable bonds is 3. The van der Waals surface area contributed by atoms with Crippen molar-refractivity contribution in [2.75, 3.05) is 35.4 Å². The van der Waals surface area contributed by atoms with Crippen molar-refractivity contribution in [1.82, 2.24) is 4.98 Å². The number of aromatic nitrogens is 1. The second-order valence-electron chi connectivity index (χ2n) is 9.62. The van der Waals surface area contributed by atoms with Gasteiger partial charge in [0.05, 0.1) is 36.7 Å². The van der Waals surface area contributed by atoms with Gasteiger partial charge in [0.2, 0.25) is 5.91 Å². The van der Waals surface area contributed by atoms with Crippen molar-refractivity contribution in [3.8, 4) is 0 Å². The van der Waals surface area contributed by atoms with Crippen LogP contribution in [0.3, 0.4) is 0 Å². The normalized spacial score (nSPS) is 27.2. The molecule has 2 fully saturated rings. The molecule has 0 radical (unpaired) electrons. The minimum atomic E-state index is 0.0217. The number of hydrogen-bond donors (Lipinski definition) is 1. The highest BCUT2D eigenvalue weighted by molar-refractivity contribution is 6.00. The van der Waals surface area contributed by atoms with Crippen LogP contribution in [0.5, 0.6) is 0 Å². The van der Waals surface area contributed by atoms with Gasteiger partial charge in [-0.15, -0.1) is 0 Å². The highest BCUT2D eigenvalue weighted by Crippen LogP contribution is 2.40. The van der Waals surface area contributed by atoms with Gasteiger partial charge in [-0.05, 0) is 63.8 Å². The van der Waals surface area contributed by atoms with Gasteiger partial charge in [0.15, 0.2) is 0 Å². The van der Waals surface area contributed by atoms with Crippen LogP contribution in [0.25, 0.3) is 0 Å². The summed E-state index contributed by atoms with van der Waals surface area (Å²) in [5.41, 5.74) is 4.00. The highest BCUT2D eigenvalue weighted by atomic mass is 16.5. The van der Waals surface area contributed by atoms with Gasteiger partial charge in [0, 0.05) is 43.1 Å². The number of fused-ring (bicyclic) bond motifs is 2. The second kappa shape index (κ2) is 9.31. The van der Waals surface area contributed by atoms with Gasteiger partial charge in [-0.3, -0.25) is 4.79 Å². The Labute approximate surface area is 196 Å². The molecule has 1 aromatic carbocycles. The molecule has 176 valence electrons. The van der Waals surface area contributed by atoms with Crippen LogP contribution in [0.2, 0.25) is 0 Å². The van der Waals surface area contributed by atoms with E-state index in [1.54, 1.807) is 13.3 Å². The fourth-order valence-electron chi connectivity index (χ4n) is 5.32. The van der Waals surface area contributed by atoms with Crippen LogP contribution in [-0.4, -0.2) is 49.4 Å². The maximum Gasteiger partial charge on any atom is 0.230 e. The first-order valence-corrected chi connectivity index (χ1v) is 12.1. The van der Waals surface area contributed by atoms with E-state index in [9.17, 15) is 4.79 Å². The Kier molecular flexibility index (Phi) is 6.25. The molecule has 1 N–H and O–H groups in total. The molecular weight excluding hydrogens is 416 g/mol. The molecule has 0 spiro atoms. The molecule has 7 nitrogen and oxygen atoms in total. The molecule has 3 heterocycles. The summed E-state index contributed by atoms with van der Waals surface area (Å²) in [6.07, 6.45) is 5.86. The summed E-state index contributed by atoms with van der Waals surface area (Å²) in [5, 5.41) is 3.49. The molecule has 1 saturated carbocycles. The molecule has 1 amide bonds. The van der Waals surface area contributed by atoms with Crippen molar-refractivity contribution in [3.63, 3.8) is 0 Å². The largest absolute Gasteiger partial charge is 0.381 e. The van der Waals surface area contributed by atoms with Crippen LogP contribution in [0, 0.1) is 5.92 Å². The zero-order chi connectivity index (χ0) is 22.9. The minimum Gasteiger partial charge on any atom is -0.381 e. The van der Waals surface area contributed by atoms with Crippen molar-refractivity contribution in [1.29, 1.82) is 0 Å². The van der Waals surface area contributed by atoms with Gasteiger partial charge in [-0.2, -0.15) is 0 Å². The summed E-state index contributed by atoms with van der Waals surface area (Å²) in [4.78, 5) is 22.8. The van der Waals surface area contributed by atoms with E-state index in [0.29, 0.717) is 13.2 Å². The Morgan fingerprint density at radius 1 is 1.18 bits per heavy atom. The van der Waals surface area contributed by atoms with Crippen molar-refractivity contribution in [3.05, 3.63) is 42.1 Å². The first-order valence-electron chi connectivity index (χ1n) is 12.1. The number of pyridine rings is 1. The predicted molar refractivity (Wildman–Crippen MR) is 130 cm³/mol. The molecule has 5 rings (SSSR count). The fourth-order valence-corrected chi connectivity index (χ4v) is 5.32. The van der Waals surface area contributed by atoms with Crippen molar-refractivity contribution in [2.24, 2.45) is 5.92 Å². The molecule has 2 aliphatic heterocycles. The average molecular weight is 451 g/mol. The molecule has 0 unspecified atom stereocenters. The molecular formula is C26H34N4O3. The summed E-state index contributed by atoms with van der Waals surface area (Å²) >= 11 is 0. The molecule has 1 saturated heterocycles. The smallest absolute Gasteiger partial charge is 0.230 e. The van der Waals surface area contributed by atoms with Crippen LogP contribution in [0.15, 0.2) is 36.5 Å². The van der Waals surface area contributed by atoms with Crippen LogP contribution in [-0.2, 0) is 20.8 Å². The number of anilines is 4. The van der Waals surface area contributed by atoms with Gasteiger partial charge < -0.3 is 24.6 Å². The van der Waals surface area contributed by atoms with Crippen LogP contribution in [0.1, 0.15) is 45.1 Å². The van der Waals surface area contributed by atoms with Crippen LogP contribution < -0.4 is 15.1 Å². The molecule has 7 heteroatoms. The lowest BCUT2D eigenvalue weighted by Gasteiger charge is -2.39. The number of nitrogens with one attached hydrogen (secondary N) is 1. The number of morpholine rings is 1. The van der Waals surface area contributed by atoms with E-state index in [2.05, 4.69) is 53.3 Å². The molecule has 33 heavy (non-hydrogen) atoms. The molecule has 1 aliphatic carbocycles. The third kappa shape index (κ3) is 4.44. The summed E-state index contributed by atoms with van der Waals surface area (Å²) in [6, 6.07) is 10.7. The fraction of sp³-hybridized carbons (Fsp3) is 0.538. The highest BCUT2D eigenvalue weighted by Gasteiger charge is 2.33. The third-order valence-electron chi connectivity index (χ3n) is 7.31. The van der Waals surface area contributed by atoms with Gasteiger partial charge >= 0.3 is 0 Å². The maximum atomic E-state index is 13.9. The first-order chi connectivity index (χ1) is 16.0. The van der Waals surface area contributed by atoms with Gasteiger partial charge in [-0.25, -0.2) is 4.98 Å². The van der Waals surface area contributed by atoms with Crippen LogP contribution in [0.4, 0.5) is 22.9 Å². The SMILES string of the molecule is COC1CCC(C(=O)N2Cc3cccnc3Nc3ccc(N4C[C@H](C)OC[C@@H]4C)cc32)CC1. The molecule has 0 bridgehead atoms. The average Bonchev–Trinajstić information content (AvgIpc) is 3.01. The van der Waals surface area contributed by atoms with E-state index < -0.39 is 0 Å². The Morgan fingerprint density at radius 3 is 2.79 bits per heavy atom. The summed E-state index contributed by atoms with van der Waals surface area (Å²) in [6.45, 7) is 6.36. The molecule has 3 aliphatic rings. The summed E-state index contributed by atoms with van der Waals surface area (Å²) in [5.74, 6) is 1.04. The lowest BCUT2D eigenvalue weighted by molar-refractivity contribution is -0.124. The number of hydrogen-bond acceptors (Lipinski definition) is 6. The molecule has 1 aromatic heterocycles. The van der Waals surface area contributed by atoms with E-state index in [4.69, 9.17) is 9.47 Å². The van der Waals surface area contributed by atoms with Crippen molar-refractivity contribution in [2.45, 2.75) is 64.3 Å². The Bertz CT molecular complexity index is 1000. The number of carbonyl (C=O) groups excluding carboxylic acids is 1. The number of nitrogens with zero attached hydrogens (tertiary/aromatic N) is 3. The van der Waals surface area contributed by atoms with Crippen LogP contribution >= 0.6 is 0 Å². The Morgan fingerprint density at radius 2 is 2.00 bits per heavy atom. The lowest BCUT2D eigenvalue weighted by Crippen LogP contribution is -2.47. The number of ether oxygens (including phenoxy) is 2. The van der Waals surface area contributed by atoms with E-state index in [-0.39, 0.29) is 30.1 Å². The standard InChI is InChI=1S/C26H34N4O3/c1-17-16-33-18(2)14-29(17)21-8-11-23-24(13-21)30(15-20-5-4-12-27-25(20)28-23)26(31)19-6-9-22(32-3)10-7-19/h4-5,8,11-13,17-19,22H,6-7,9-10,14-16H2,1-3H3,(H,27,28)/t17-,18-,19?,22?/m0/s1. The number of methoxy groups -OCH3 is 1. The van der Waals surface area contributed by atoms with Gasteiger partial charge in [0.1, 0.15) is 5.82 Å². The Balaban J connectivity index is 1.50. The first kappa shape index (κ1) is 22.2. The summed E-state index contributed by atoms with van der Waals surface area (Å²) < 4.78 is 11.4. The Hall–Kier alpha value is -2.64. The van der Waals surface area contributed by atoms with E-state index in [1.165, 1.54) is 0 Å².